The average Bonchev–Trinajstić information content (AvgIpc) is 2.49. The molecule has 0 aliphatic rings. The lowest BCUT2D eigenvalue weighted by molar-refractivity contribution is 0.500. The van der Waals surface area contributed by atoms with Crippen LogP contribution in [0.25, 0.3) is 0 Å². The van der Waals surface area contributed by atoms with E-state index < -0.39 is 0 Å². The molecule has 0 saturated carbocycles. The summed E-state index contributed by atoms with van der Waals surface area (Å²) in [5.41, 5.74) is 2.19. The Kier molecular flexibility index (Phi) is 6.33. The van der Waals surface area contributed by atoms with E-state index >= 15 is 0 Å². The van der Waals surface area contributed by atoms with Crippen molar-refractivity contribution in [3.8, 4) is 0 Å². The molecule has 21 heavy (non-hydrogen) atoms. The van der Waals surface area contributed by atoms with E-state index in [0.717, 1.165) is 37.1 Å². The number of hydrogen-bond acceptors (Lipinski definition) is 2. The zero-order valence-corrected chi connectivity index (χ0v) is 13.7. The first-order chi connectivity index (χ1) is 10.2. The fourth-order valence-corrected chi connectivity index (χ4v) is 2.71. The molecular formula is C17H20BrFN2. The molecule has 2 rings (SSSR count). The van der Waals surface area contributed by atoms with Crippen LogP contribution in [0.15, 0.2) is 47.1 Å². The Balaban J connectivity index is 2.06. The van der Waals surface area contributed by atoms with E-state index in [2.05, 4.69) is 33.2 Å². The van der Waals surface area contributed by atoms with Crippen LogP contribution in [0.2, 0.25) is 0 Å². The van der Waals surface area contributed by atoms with Gasteiger partial charge in [0, 0.05) is 24.4 Å². The maximum Gasteiger partial charge on any atom is 0.137 e. The van der Waals surface area contributed by atoms with Crippen LogP contribution in [-0.2, 0) is 12.8 Å². The summed E-state index contributed by atoms with van der Waals surface area (Å²) in [6.07, 6.45) is 4.64. The molecular weight excluding hydrogens is 331 g/mol. The van der Waals surface area contributed by atoms with Gasteiger partial charge in [-0.2, -0.15) is 0 Å². The largest absolute Gasteiger partial charge is 0.313 e. The van der Waals surface area contributed by atoms with Gasteiger partial charge in [-0.3, -0.25) is 4.98 Å². The fraction of sp³-hybridized carbons (Fsp3) is 0.353. The van der Waals surface area contributed by atoms with Gasteiger partial charge in [-0.25, -0.2) is 4.39 Å². The van der Waals surface area contributed by atoms with Crippen LogP contribution in [0.1, 0.15) is 24.6 Å². The van der Waals surface area contributed by atoms with E-state index in [-0.39, 0.29) is 5.82 Å². The molecule has 0 spiro atoms. The molecule has 0 aliphatic carbocycles. The lowest BCUT2D eigenvalue weighted by atomic mass is 10.0. The quantitative estimate of drug-likeness (QED) is 0.811. The van der Waals surface area contributed by atoms with Crippen molar-refractivity contribution in [1.29, 1.82) is 0 Å². The fourth-order valence-electron chi connectivity index (χ4n) is 2.29. The second-order valence-electron chi connectivity index (χ2n) is 5.13. The highest BCUT2D eigenvalue weighted by Gasteiger charge is 2.11. The molecule has 0 fully saturated rings. The topological polar surface area (TPSA) is 24.9 Å². The number of pyridine rings is 1. The molecule has 0 saturated heterocycles. The molecule has 0 radical (unpaired) electrons. The SMILES string of the molecule is CCCNC(Cc1ccc(F)c(Br)c1)Cc1ccccn1. The number of rotatable bonds is 7. The van der Waals surface area contributed by atoms with Gasteiger partial charge < -0.3 is 5.32 Å². The number of benzene rings is 1. The molecule has 1 heterocycles. The molecule has 2 aromatic rings. The van der Waals surface area contributed by atoms with Crippen molar-refractivity contribution in [2.24, 2.45) is 0 Å². The minimum Gasteiger partial charge on any atom is -0.313 e. The van der Waals surface area contributed by atoms with Crippen LogP contribution in [0, 0.1) is 5.82 Å². The maximum absolute atomic E-state index is 13.3. The van der Waals surface area contributed by atoms with E-state index in [1.54, 1.807) is 0 Å². The van der Waals surface area contributed by atoms with Gasteiger partial charge in [0.15, 0.2) is 0 Å². The van der Waals surface area contributed by atoms with Crippen molar-refractivity contribution in [2.45, 2.75) is 32.2 Å². The number of aromatic nitrogens is 1. The third-order valence-electron chi connectivity index (χ3n) is 3.33. The molecule has 112 valence electrons. The van der Waals surface area contributed by atoms with Crippen molar-refractivity contribution in [2.75, 3.05) is 6.54 Å². The number of halogens is 2. The van der Waals surface area contributed by atoms with E-state index in [1.165, 1.54) is 6.07 Å². The van der Waals surface area contributed by atoms with E-state index in [0.29, 0.717) is 10.5 Å². The first kappa shape index (κ1) is 16.1. The standard InChI is InChI=1S/C17H20BrFN2/c1-2-8-20-15(12-14-5-3-4-9-21-14)10-13-6-7-17(19)16(18)11-13/h3-7,9,11,15,20H,2,8,10,12H2,1H3. The van der Waals surface area contributed by atoms with E-state index in [1.807, 2.05) is 36.5 Å². The van der Waals surface area contributed by atoms with Crippen LogP contribution >= 0.6 is 15.9 Å². The Morgan fingerprint density at radius 1 is 1.24 bits per heavy atom. The molecule has 0 bridgehead atoms. The maximum atomic E-state index is 13.3. The van der Waals surface area contributed by atoms with Gasteiger partial charge in [-0.1, -0.05) is 19.1 Å². The highest BCUT2D eigenvalue weighted by atomic mass is 79.9. The van der Waals surface area contributed by atoms with Crippen LogP contribution in [0.3, 0.4) is 0 Å². The second kappa shape index (κ2) is 8.25. The average molecular weight is 351 g/mol. The van der Waals surface area contributed by atoms with Gasteiger partial charge in [-0.15, -0.1) is 0 Å². The first-order valence-electron chi connectivity index (χ1n) is 7.26. The molecule has 1 unspecified atom stereocenters. The summed E-state index contributed by atoms with van der Waals surface area (Å²) >= 11 is 3.25. The predicted molar refractivity (Wildman–Crippen MR) is 87.8 cm³/mol. The zero-order chi connectivity index (χ0) is 15.1. The molecule has 2 nitrogen and oxygen atoms in total. The number of nitrogens with one attached hydrogen (secondary N) is 1. The summed E-state index contributed by atoms with van der Waals surface area (Å²) in [5.74, 6) is -0.221. The Morgan fingerprint density at radius 3 is 2.76 bits per heavy atom. The summed E-state index contributed by atoms with van der Waals surface area (Å²) < 4.78 is 13.8. The summed E-state index contributed by atoms with van der Waals surface area (Å²) in [7, 11) is 0. The Bertz CT molecular complexity index is 560. The van der Waals surface area contributed by atoms with Crippen LogP contribution in [0.4, 0.5) is 4.39 Å². The minimum atomic E-state index is -0.221. The monoisotopic (exact) mass is 350 g/mol. The molecule has 4 heteroatoms. The van der Waals surface area contributed by atoms with Crippen LogP contribution in [-0.4, -0.2) is 17.6 Å². The molecule has 1 aromatic carbocycles. The molecule has 0 aliphatic heterocycles. The predicted octanol–water partition coefficient (Wildman–Crippen LogP) is 4.14. The molecule has 0 amide bonds. The van der Waals surface area contributed by atoms with Gasteiger partial charge in [0.1, 0.15) is 5.82 Å². The van der Waals surface area contributed by atoms with E-state index in [9.17, 15) is 4.39 Å². The van der Waals surface area contributed by atoms with Crippen molar-refractivity contribution < 1.29 is 4.39 Å². The zero-order valence-electron chi connectivity index (χ0n) is 12.2. The summed E-state index contributed by atoms with van der Waals surface area (Å²) in [5, 5.41) is 3.55. The molecule has 1 atom stereocenters. The third-order valence-corrected chi connectivity index (χ3v) is 3.94. The second-order valence-corrected chi connectivity index (χ2v) is 5.98. The lowest BCUT2D eigenvalue weighted by Crippen LogP contribution is -2.34. The number of nitrogens with zero attached hydrogens (tertiary/aromatic N) is 1. The lowest BCUT2D eigenvalue weighted by Gasteiger charge is -2.18. The minimum absolute atomic E-state index is 0.221. The van der Waals surface area contributed by atoms with Gasteiger partial charge in [-0.05, 0) is 65.1 Å². The summed E-state index contributed by atoms with van der Waals surface area (Å²) in [6, 6.07) is 11.5. The van der Waals surface area contributed by atoms with Gasteiger partial charge in [0.05, 0.1) is 4.47 Å². The van der Waals surface area contributed by atoms with Crippen molar-refractivity contribution in [3.63, 3.8) is 0 Å². The van der Waals surface area contributed by atoms with E-state index in [4.69, 9.17) is 0 Å². The molecule has 1 N–H and O–H groups in total. The highest BCUT2D eigenvalue weighted by Crippen LogP contribution is 2.18. The Morgan fingerprint density at radius 2 is 2.10 bits per heavy atom. The Hall–Kier alpha value is -1.26. The number of hydrogen-bond donors (Lipinski definition) is 1. The normalized spacial score (nSPS) is 12.3. The smallest absolute Gasteiger partial charge is 0.137 e. The van der Waals surface area contributed by atoms with Crippen molar-refractivity contribution in [1.82, 2.24) is 10.3 Å². The van der Waals surface area contributed by atoms with Gasteiger partial charge >= 0.3 is 0 Å². The van der Waals surface area contributed by atoms with Crippen molar-refractivity contribution in [3.05, 3.63) is 64.1 Å². The first-order valence-corrected chi connectivity index (χ1v) is 8.05. The highest BCUT2D eigenvalue weighted by molar-refractivity contribution is 9.10. The summed E-state index contributed by atoms with van der Waals surface area (Å²) in [4.78, 5) is 4.39. The summed E-state index contributed by atoms with van der Waals surface area (Å²) in [6.45, 7) is 3.12. The third kappa shape index (κ3) is 5.21. The Labute approximate surface area is 133 Å². The van der Waals surface area contributed by atoms with Crippen LogP contribution < -0.4 is 5.32 Å². The molecule has 1 aromatic heterocycles. The van der Waals surface area contributed by atoms with Crippen molar-refractivity contribution >= 4 is 15.9 Å². The van der Waals surface area contributed by atoms with Gasteiger partial charge in [0.2, 0.25) is 0 Å². The van der Waals surface area contributed by atoms with Gasteiger partial charge in [0.25, 0.3) is 0 Å². The van der Waals surface area contributed by atoms with Crippen LogP contribution in [0.5, 0.6) is 0 Å².